The molecule has 0 unspecified atom stereocenters. The normalized spacial score (nSPS) is 10.7. The van der Waals surface area contributed by atoms with Gasteiger partial charge in [-0.25, -0.2) is 0 Å². The number of para-hydroxylation sites is 1. The molecule has 5 nitrogen and oxygen atoms in total. The number of carbonyl (C=O) groups is 1. The average molecular weight is 335 g/mol. The van der Waals surface area contributed by atoms with Crippen LogP contribution in [0.4, 0.5) is 5.69 Å². The molecule has 128 valence electrons. The van der Waals surface area contributed by atoms with Gasteiger partial charge in [0.1, 0.15) is 0 Å². The Bertz CT molecular complexity index is 879. The molecule has 0 bridgehead atoms. The highest BCUT2D eigenvalue weighted by atomic mass is 16.5. The number of benzene rings is 2. The fourth-order valence-electron chi connectivity index (χ4n) is 2.72. The van der Waals surface area contributed by atoms with Gasteiger partial charge in [0.05, 0.1) is 0 Å². The number of nitrogens with zero attached hydrogens (tertiary/aromatic N) is 2. The highest BCUT2D eigenvalue weighted by molar-refractivity contribution is 5.92. The number of nitrogens with one attached hydrogen (secondary N) is 1. The van der Waals surface area contributed by atoms with Crippen molar-refractivity contribution in [1.29, 1.82) is 0 Å². The van der Waals surface area contributed by atoms with E-state index in [2.05, 4.69) is 15.5 Å². The van der Waals surface area contributed by atoms with Crippen LogP contribution in [0.15, 0.2) is 47.0 Å². The molecule has 0 aliphatic carbocycles. The van der Waals surface area contributed by atoms with E-state index in [-0.39, 0.29) is 5.91 Å². The number of amides is 1. The standard InChI is InChI=1S/C20H21N3O2/c1-13-7-4-5-10-16(13)20-22-18(25-23-20)12-11-17(24)21-19-14(2)8-6-9-15(19)3/h4-10H,11-12H2,1-3H3,(H,21,24). The third kappa shape index (κ3) is 3.94. The van der Waals surface area contributed by atoms with Crippen LogP contribution in [0.1, 0.15) is 29.0 Å². The fourth-order valence-corrected chi connectivity index (χ4v) is 2.72. The van der Waals surface area contributed by atoms with E-state index in [1.807, 2.05) is 63.2 Å². The molecule has 3 rings (SSSR count). The van der Waals surface area contributed by atoms with Crippen molar-refractivity contribution in [1.82, 2.24) is 10.1 Å². The van der Waals surface area contributed by atoms with Crippen molar-refractivity contribution in [3.63, 3.8) is 0 Å². The highest BCUT2D eigenvalue weighted by Gasteiger charge is 2.13. The van der Waals surface area contributed by atoms with Gasteiger partial charge < -0.3 is 9.84 Å². The van der Waals surface area contributed by atoms with Crippen molar-refractivity contribution < 1.29 is 9.32 Å². The van der Waals surface area contributed by atoms with E-state index in [1.165, 1.54) is 0 Å². The van der Waals surface area contributed by atoms with E-state index in [4.69, 9.17) is 4.52 Å². The second kappa shape index (κ2) is 7.30. The number of carbonyl (C=O) groups excluding carboxylic acids is 1. The maximum Gasteiger partial charge on any atom is 0.227 e. The van der Waals surface area contributed by atoms with E-state index in [0.29, 0.717) is 24.6 Å². The maximum atomic E-state index is 12.2. The molecule has 0 fully saturated rings. The van der Waals surface area contributed by atoms with Gasteiger partial charge in [0.15, 0.2) is 0 Å². The van der Waals surface area contributed by atoms with Crippen LogP contribution in [-0.4, -0.2) is 16.0 Å². The summed E-state index contributed by atoms with van der Waals surface area (Å²) in [6, 6.07) is 13.8. The maximum absolute atomic E-state index is 12.2. The van der Waals surface area contributed by atoms with Crippen molar-refractivity contribution in [2.45, 2.75) is 33.6 Å². The minimum atomic E-state index is -0.0620. The first-order valence-corrected chi connectivity index (χ1v) is 8.29. The zero-order valence-electron chi connectivity index (χ0n) is 14.7. The van der Waals surface area contributed by atoms with Crippen LogP contribution in [-0.2, 0) is 11.2 Å². The Morgan fingerprint density at radius 1 is 1.00 bits per heavy atom. The van der Waals surface area contributed by atoms with Crippen LogP contribution in [0.5, 0.6) is 0 Å². The van der Waals surface area contributed by atoms with Gasteiger partial charge >= 0.3 is 0 Å². The first-order valence-electron chi connectivity index (χ1n) is 8.29. The lowest BCUT2D eigenvalue weighted by Crippen LogP contribution is -2.14. The molecule has 25 heavy (non-hydrogen) atoms. The Hall–Kier alpha value is -2.95. The predicted molar refractivity (Wildman–Crippen MR) is 97.3 cm³/mol. The SMILES string of the molecule is Cc1ccccc1-c1noc(CCC(=O)Nc2c(C)cccc2C)n1. The zero-order chi connectivity index (χ0) is 17.8. The monoisotopic (exact) mass is 335 g/mol. The molecular formula is C20H21N3O2. The smallest absolute Gasteiger partial charge is 0.227 e. The Morgan fingerprint density at radius 3 is 2.40 bits per heavy atom. The average Bonchev–Trinajstić information content (AvgIpc) is 3.06. The van der Waals surface area contributed by atoms with E-state index in [9.17, 15) is 4.79 Å². The van der Waals surface area contributed by atoms with Crippen molar-refractivity contribution in [2.24, 2.45) is 0 Å². The third-order valence-corrected chi connectivity index (χ3v) is 4.17. The Labute approximate surface area is 147 Å². The van der Waals surface area contributed by atoms with Crippen LogP contribution < -0.4 is 5.32 Å². The van der Waals surface area contributed by atoms with Crippen molar-refractivity contribution in [3.8, 4) is 11.4 Å². The van der Waals surface area contributed by atoms with E-state index >= 15 is 0 Å². The van der Waals surface area contributed by atoms with Crippen LogP contribution >= 0.6 is 0 Å². The summed E-state index contributed by atoms with van der Waals surface area (Å²) in [5, 5.41) is 6.99. The lowest BCUT2D eigenvalue weighted by Gasteiger charge is -2.10. The summed E-state index contributed by atoms with van der Waals surface area (Å²) in [7, 11) is 0. The summed E-state index contributed by atoms with van der Waals surface area (Å²) in [6.45, 7) is 5.97. The number of aryl methyl sites for hydroxylation is 4. The molecule has 1 heterocycles. The predicted octanol–water partition coefficient (Wildman–Crippen LogP) is 4.23. The molecule has 3 aromatic rings. The van der Waals surface area contributed by atoms with E-state index in [1.54, 1.807) is 0 Å². The van der Waals surface area contributed by atoms with Crippen molar-refractivity contribution in [3.05, 3.63) is 65.0 Å². The summed E-state index contributed by atoms with van der Waals surface area (Å²) < 4.78 is 5.28. The molecule has 0 aliphatic rings. The van der Waals surface area contributed by atoms with Crippen LogP contribution in [0.25, 0.3) is 11.4 Å². The largest absolute Gasteiger partial charge is 0.339 e. The molecule has 0 saturated heterocycles. The van der Waals surface area contributed by atoms with Gasteiger partial charge in [0, 0.05) is 24.1 Å². The third-order valence-electron chi connectivity index (χ3n) is 4.17. The number of rotatable bonds is 5. The van der Waals surface area contributed by atoms with Crippen molar-refractivity contribution >= 4 is 11.6 Å². The highest BCUT2D eigenvalue weighted by Crippen LogP contribution is 2.21. The number of hydrogen-bond donors (Lipinski definition) is 1. The van der Waals surface area contributed by atoms with Crippen LogP contribution in [0.3, 0.4) is 0 Å². The Morgan fingerprint density at radius 2 is 1.68 bits per heavy atom. The molecular weight excluding hydrogens is 314 g/mol. The molecule has 0 aliphatic heterocycles. The van der Waals surface area contributed by atoms with Gasteiger partial charge in [-0.05, 0) is 37.5 Å². The molecule has 2 aromatic carbocycles. The van der Waals surface area contributed by atoms with Gasteiger partial charge in [-0.3, -0.25) is 4.79 Å². The first-order chi connectivity index (χ1) is 12.0. The van der Waals surface area contributed by atoms with Gasteiger partial charge in [0.2, 0.25) is 17.6 Å². The summed E-state index contributed by atoms with van der Waals surface area (Å²) >= 11 is 0. The zero-order valence-corrected chi connectivity index (χ0v) is 14.7. The van der Waals surface area contributed by atoms with Crippen LogP contribution in [0.2, 0.25) is 0 Å². The molecule has 1 aromatic heterocycles. The molecule has 5 heteroatoms. The molecule has 0 radical (unpaired) electrons. The van der Waals surface area contributed by atoms with Gasteiger partial charge in [-0.15, -0.1) is 0 Å². The van der Waals surface area contributed by atoms with E-state index in [0.717, 1.165) is 27.9 Å². The second-order valence-corrected chi connectivity index (χ2v) is 6.14. The van der Waals surface area contributed by atoms with E-state index < -0.39 is 0 Å². The molecule has 1 N–H and O–H groups in total. The number of anilines is 1. The number of aromatic nitrogens is 2. The minimum absolute atomic E-state index is 0.0620. The second-order valence-electron chi connectivity index (χ2n) is 6.14. The first kappa shape index (κ1) is 16.9. The topological polar surface area (TPSA) is 68.0 Å². The summed E-state index contributed by atoms with van der Waals surface area (Å²) in [5.41, 5.74) is 5.00. The lowest BCUT2D eigenvalue weighted by atomic mass is 10.1. The molecule has 0 atom stereocenters. The van der Waals surface area contributed by atoms with Crippen molar-refractivity contribution in [2.75, 3.05) is 5.32 Å². The fraction of sp³-hybridized carbons (Fsp3) is 0.250. The Balaban J connectivity index is 1.63. The lowest BCUT2D eigenvalue weighted by molar-refractivity contribution is -0.116. The molecule has 0 spiro atoms. The summed E-state index contributed by atoms with van der Waals surface area (Å²) in [4.78, 5) is 16.6. The molecule has 1 amide bonds. The van der Waals surface area contributed by atoms with Gasteiger partial charge in [-0.1, -0.05) is 47.6 Å². The quantitative estimate of drug-likeness (QED) is 0.757. The van der Waals surface area contributed by atoms with Gasteiger partial charge in [-0.2, -0.15) is 4.98 Å². The minimum Gasteiger partial charge on any atom is -0.339 e. The summed E-state index contributed by atoms with van der Waals surface area (Å²) in [6.07, 6.45) is 0.707. The van der Waals surface area contributed by atoms with Crippen LogP contribution in [0, 0.1) is 20.8 Å². The molecule has 0 saturated carbocycles. The number of hydrogen-bond acceptors (Lipinski definition) is 4. The van der Waals surface area contributed by atoms with Gasteiger partial charge in [0.25, 0.3) is 0 Å². The summed E-state index contributed by atoms with van der Waals surface area (Å²) in [5.74, 6) is 0.964. The Kier molecular flexibility index (Phi) is 4.93.